The molecule has 9 heteroatoms. The fourth-order valence-corrected chi connectivity index (χ4v) is 2.40. The van der Waals surface area contributed by atoms with Gasteiger partial charge in [-0.2, -0.15) is 13.2 Å². The van der Waals surface area contributed by atoms with Crippen molar-refractivity contribution in [3.63, 3.8) is 0 Å². The highest BCUT2D eigenvalue weighted by Gasteiger charge is 2.29. The Morgan fingerprint density at radius 3 is 2.54 bits per heavy atom. The topological polar surface area (TPSA) is 76.9 Å². The van der Waals surface area contributed by atoms with E-state index < -0.39 is 29.9 Å². The number of nitrogens with one attached hydrogen (secondary N) is 1. The van der Waals surface area contributed by atoms with Gasteiger partial charge in [-0.1, -0.05) is 30.3 Å². The van der Waals surface area contributed by atoms with Gasteiger partial charge in [-0.05, 0) is 17.7 Å². The van der Waals surface area contributed by atoms with Gasteiger partial charge in [0.25, 0.3) is 11.5 Å². The smallest absolute Gasteiger partial charge is 0.341 e. The number of halogens is 3. The molecule has 134 valence electrons. The molecule has 0 spiro atoms. The van der Waals surface area contributed by atoms with Crippen molar-refractivity contribution < 1.29 is 18.0 Å². The monoisotopic (exact) mass is 362 g/mol. The molecular formula is C17H13F3N4O2. The summed E-state index contributed by atoms with van der Waals surface area (Å²) in [6.07, 6.45) is -3.12. The maximum atomic E-state index is 12.7. The molecule has 0 radical (unpaired) electrons. The number of carbonyl (C=O) groups excluding carboxylic acids is 1. The summed E-state index contributed by atoms with van der Waals surface area (Å²) in [6, 6.07) is 12.0. The van der Waals surface area contributed by atoms with Gasteiger partial charge in [-0.15, -0.1) is 0 Å². The van der Waals surface area contributed by atoms with E-state index in [4.69, 9.17) is 0 Å². The number of benzene rings is 1. The Morgan fingerprint density at radius 1 is 1.12 bits per heavy atom. The standard InChI is InChI=1S/C17H13F3N4O2/c18-17(19,20)10-22-15(25)13-16(26)24(9-11-5-2-1-3-6-11)14-12(23-13)7-4-8-21-14/h1-8H,9-10H2,(H,22,25). The fourth-order valence-electron chi connectivity index (χ4n) is 2.40. The second kappa shape index (κ2) is 6.95. The first-order valence-electron chi connectivity index (χ1n) is 7.59. The SMILES string of the molecule is O=C(NCC(F)(F)F)c1nc2cccnc2n(Cc2ccccc2)c1=O. The molecule has 0 unspecified atom stereocenters. The third-order valence-electron chi connectivity index (χ3n) is 3.55. The first-order chi connectivity index (χ1) is 12.3. The molecule has 0 saturated carbocycles. The van der Waals surface area contributed by atoms with Crippen molar-refractivity contribution in [1.29, 1.82) is 0 Å². The predicted octanol–water partition coefficient (Wildman–Crippen LogP) is 2.13. The molecule has 1 N–H and O–H groups in total. The molecule has 0 bridgehead atoms. The number of hydrogen-bond donors (Lipinski definition) is 1. The second-order valence-electron chi connectivity index (χ2n) is 5.48. The molecule has 0 aliphatic heterocycles. The molecule has 2 heterocycles. The Labute approximate surface area is 145 Å². The highest BCUT2D eigenvalue weighted by molar-refractivity contribution is 5.93. The lowest BCUT2D eigenvalue weighted by Crippen LogP contribution is -2.39. The van der Waals surface area contributed by atoms with E-state index in [1.807, 2.05) is 6.07 Å². The van der Waals surface area contributed by atoms with E-state index in [9.17, 15) is 22.8 Å². The van der Waals surface area contributed by atoms with Crippen molar-refractivity contribution in [3.05, 3.63) is 70.3 Å². The van der Waals surface area contributed by atoms with Crippen LogP contribution in [0.2, 0.25) is 0 Å². The Hall–Kier alpha value is -3.23. The molecule has 1 aromatic carbocycles. The molecule has 0 aliphatic rings. The summed E-state index contributed by atoms with van der Waals surface area (Å²) in [7, 11) is 0. The molecule has 0 atom stereocenters. The largest absolute Gasteiger partial charge is 0.405 e. The highest BCUT2D eigenvalue weighted by atomic mass is 19.4. The van der Waals surface area contributed by atoms with Crippen molar-refractivity contribution in [3.8, 4) is 0 Å². The van der Waals surface area contributed by atoms with E-state index in [1.54, 1.807) is 35.6 Å². The van der Waals surface area contributed by atoms with Crippen LogP contribution in [0.1, 0.15) is 16.1 Å². The van der Waals surface area contributed by atoms with Gasteiger partial charge in [0.2, 0.25) is 0 Å². The summed E-state index contributed by atoms with van der Waals surface area (Å²) in [5.41, 5.74) is -0.159. The van der Waals surface area contributed by atoms with Crippen LogP contribution in [-0.4, -0.2) is 33.2 Å². The Bertz CT molecular complexity index is 1000. The fraction of sp³-hybridized carbons (Fsp3) is 0.176. The maximum Gasteiger partial charge on any atom is 0.405 e. The number of nitrogens with zero attached hydrogens (tertiary/aromatic N) is 3. The zero-order chi connectivity index (χ0) is 18.7. The lowest BCUT2D eigenvalue weighted by atomic mass is 10.2. The Morgan fingerprint density at radius 2 is 1.85 bits per heavy atom. The van der Waals surface area contributed by atoms with Crippen LogP contribution in [0.5, 0.6) is 0 Å². The van der Waals surface area contributed by atoms with E-state index in [0.29, 0.717) is 0 Å². The Kier molecular flexibility index (Phi) is 4.70. The van der Waals surface area contributed by atoms with Crippen LogP contribution in [0.15, 0.2) is 53.5 Å². The number of aromatic nitrogens is 3. The van der Waals surface area contributed by atoms with Crippen molar-refractivity contribution in [1.82, 2.24) is 19.9 Å². The van der Waals surface area contributed by atoms with E-state index in [-0.39, 0.29) is 17.7 Å². The molecule has 3 rings (SSSR count). The van der Waals surface area contributed by atoms with Crippen molar-refractivity contribution in [2.24, 2.45) is 0 Å². The first-order valence-corrected chi connectivity index (χ1v) is 7.59. The summed E-state index contributed by atoms with van der Waals surface area (Å²) in [6.45, 7) is -1.44. The summed E-state index contributed by atoms with van der Waals surface area (Å²) < 4.78 is 38.2. The lowest BCUT2D eigenvalue weighted by Gasteiger charge is -2.12. The molecule has 0 saturated heterocycles. The average Bonchev–Trinajstić information content (AvgIpc) is 2.62. The number of fused-ring (bicyclic) bond motifs is 1. The minimum Gasteiger partial charge on any atom is -0.341 e. The number of hydrogen-bond acceptors (Lipinski definition) is 4. The molecule has 0 aliphatic carbocycles. The van der Waals surface area contributed by atoms with Crippen molar-refractivity contribution in [2.75, 3.05) is 6.54 Å². The minimum atomic E-state index is -4.59. The van der Waals surface area contributed by atoms with Gasteiger partial charge in [0.05, 0.1) is 6.54 Å². The molecule has 3 aromatic rings. The Balaban J connectivity index is 2.06. The van der Waals surface area contributed by atoms with E-state index >= 15 is 0 Å². The van der Waals surface area contributed by atoms with Crippen LogP contribution < -0.4 is 10.9 Å². The van der Waals surface area contributed by atoms with Crippen LogP contribution in [-0.2, 0) is 6.54 Å². The minimum absolute atomic E-state index is 0.106. The maximum absolute atomic E-state index is 12.7. The first kappa shape index (κ1) is 17.6. The summed E-state index contributed by atoms with van der Waals surface area (Å²) in [5, 5.41) is 1.68. The number of alkyl halides is 3. The van der Waals surface area contributed by atoms with Crippen molar-refractivity contribution >= 4 is 17.1 Å². The number of pyridine rings is 1. The van der Waals surface area contributed by atoms with Crippen LogP contribution in [0.3, 0.4) is 0 Å². The zero-order valence-corrected chi connectivity index (χ0v) is 13.3. The third-order valence-corrected chi connectivity index (χ3v) is 3.55. The van der Waals surface area contributed by atoms with Gasteiger partial charge >= 0.3 is 6.18 Å². The summed E-state index contributed by atoms with van der Waals surface area (Å²) in [4.78, 5) is 32.7. The average molecular weight is 362 g/mol. The van der Waals surface area contributed by atoms with Gasteiger partial charge < -0.3 is 5.32 Å². The molecule has 6 nitrogen and oxygen atoms in total. The molecule has 2 aromatic heterocycles. The normalized spacial score (nSPS) is 11.5. The zero-order valence-electron chi connectivity index (χ0n) is 13.3. The number of carbonyl (C=O) groups is 1. The molecule has 0 fully saturated rings. The quantitative estimate of drug-likeness (QED) is 0.771. The molecule has 26 heavy (non-hydrogen) atoms. The van der Waals surface area contributed by atoms with Crippen LogP contribution in [0.25, 0.3) is 11.2 Å². The van der Waals surface area contributed by atoms with Crippen LogP contribution >= 0.6 is 0 Å². The lowest BCUT2D eigenvalue weighted by molar-refractivity contribution is -0.123. The van der Waals surface area contributed by atoms with Crippen LogP contribution in [0.4, 0.5) is 13.2 Å². The van der Waals surface area contributed by atoms with E-state index in [2.05, 4.69) is 9.97 Å². The van der Waals surface area contributed by atoms with E-state index in [1.165, 1.54) is 16.8 Å². The molecule has 1 amide bonds. The van der Waals surface area contributed by atoms with Crippen LogP contribution in [0, 0.1) is 0 Å². The number of amides is 1. The van der Waals surface area contributed by atoms with Gasteiger partial charge in [-0.25, -0.2) is 9.97 Å². The van der Waals surface area contributed by atoms with Gasteiger partial charge in [0.15, 0.2) is 11.3 Å². The van der Waals surface area contributed by atoms with E-state index in [0.717, 1.165) is 5.56 Å². The third kappa shape index (κ3) is 3.88. The second-order valence-corrected chi connectivity index (χ2v) is 5.48. The van der Waals surface area contributed by atoms with Crippen molar-refractivity contribution in [2.45, 2.75) is 12.7 Å². The summed E-state index contributed by atoms with van der Waals surface area (Å²) in [5.74, 6) is -1.18. The van der Waals surface area contributed by atoms with Gasteiger partial charge in [-0.3, -0.25) is 14.2 Å². The summed E-state index contributed by atoms with van der Waals surface area (Å²) >= 11 is 0. The van der Waals surface area contributed by atoms with Gasteiger partial charge in [0, 0.05) is 6.20 Å². The van der Waals surface area contributed by atoms with Gasteiger partial charge in [0.1, 0.15) is 12.1 Å². The highest BCUT2D eigenvalue weighted by Crippen LogP contribution is 2.13. The predicted molar refractivity (Wildman–Crippen MR) is 87.7 cm³/mol. The number of rotatable bonds is 4. The molecular weight excluding hydrogens is 349 g/mol.